The van der Waals surface area contributed by atoms with E-state index in [1.807, 2.05) is 29.7 Å². The van der Waals surface area contributed by atoms with E-state index in [4.69, 9.17) is 5.73 Å². The van der Waals surface area contributed by atoms with Gasteiger partial charge in [-0.05, 0) is 63.4 Å². The van der Waals surface area contributed by atoms with Crippen LogP contribution in [-0.4, -0.2) is 53.4 Å². The van der Waals surface area contributed by atoms with Crippen LogP contribution in [0, 0.1) is 6.92 Å². The van der Waals surface area contributed by atoms with E-state index in [9.17, 15) is 0 Å². The summed E-state index contributed by atoms with van der Waals surface area (Å²) < 4.78 is 1.96. The summed E-state index contributed by atoms with van der Waals surface area (Å²) in [6, 6.07) is 4.85. The van der Waals surface area contributed by atoms with Gasteiger partial charge in [0.2, 0.25) is 5.95 Å². The topological polar surface area (TPSA) is 110 Å². The van der Waals surface area contributed by atoms with E-state index < -0.39 is 0 Å². The molecule has 5 heterocycles. The molecular formula is C26H33N9. The highest BCUT2D eigenvalue weighted by Gasteiger charge is 2.22. The Morgan fingerprint density at radius 2 is 1.66 bits per heavy atom. The number of pyridine rings is 1. The zero-order valence-corrected chi connectivity index (χ0v) is 20.3. The number of aromatic nitrogens is 6. The molecule has 0 radical (unpaired) electrons. The molecule has 2 fully saturated rings. The molecule has 6 rings (SSSR count). The van der Waals surface area contributed by atoms with Gasteiger partial charge in [-0.2, -0.15) is 0 Å². The minimum absolute atomic E-state index is 0.237. The first-order valence-corrected chi connectivity index (χ1v) is 12.5. The molecule has 0 bridgehead atoms. The van der Waals surface area contributed by atoms with Gasteiger partial charge < -0.3 is 16.0 Å². The van der Waals surface area contributed by atoms with Crippen molar-refractivity contribution in [2.45, 2.75) is 57.9 Å². The van der Waals surface area contributed by atoms with E-state index in [0.29, 0.717) is 0 Å². The minimum atomic E-state index is 0.237. The minimum Gasteiger partial charge on any atom is -0.368 e. The third-order valence-electron chi connectivity index (χ3n) is 6.82. The van der Waals surface area contributed by atoms with Crippen LogP contribution in [0.5, 0.6) is 0 Å². The molecule has 3 N–H and O–H groups in total. The Labute approximate surface area is 205 Å². The molecule has 4 aromatic rings. The number of fused-ring (bicyclic) bond motifs is 1. The Kier molecular flexibility index (Phi) is 7.13. The third kappa shape index (κ3) is 5.57. The summed E-state index contributed by atoms with van der Waals surface area (Å²) in [5, 5.41) is 3.26. The van der Waals surface area contributed by atoms with Crippen molar-refractivity contribution >= 4 is 23.0 Å². The predicted octanol–water partition coefficient (Wildman–Crippen LogP) is 4.63. The smallest absolute Gasteiger partial charge is 0.220 e. The second-order valence-corrected chi connectivity index (χ2v) is 9.34. The number of nitrogens with two attached hydrogens (primary N) is 1. The van der Waals surface area contributed by atoms with Crippen LogP contribution >= 0.6 is 0 Å². The number of nitrogen functional groups attached to an aromatic ring is 1. The highest BCUT2D eigenvalue weighted by atomic mass is 15.2. The van der Waals surface area contributed by atoms with Gasteiger partial charge in [0.15, 0.2) is 0 Å². The fraction of sp³-hybridized carbons (Fsp3) is 0.423. The Hall–Kier alpha value is -3.59. The quantitative estimate of drug-likeness (QED) is 0.443. The lowest BCUT2D eigenvalue weighted by Gasteiger charge is -2.30. The van der Waals surface area contributed by atoms with Crippen molar-refractivity contribution in [3.8, 4) is 11.4 Å². The van der Waals surface area contributed by atoms with Crippen LogP contribution in [0.15, 0.2) is 49.4 Å². The molecular weight excluding hydrogens is 438 g/mol. The number of anilines is 3. The molecule has 9 nitrogen and oxygen atoms in total. The van der Waals surface area contributed by atoms with Gasteiger partial charge >= 0.3 is 0 Å². The van der Waals surface area contributed by atoms with Crippen molar-refractivity contribution in [2.24, 2.45) is 0 Å². The normalized spacial score (nSPS) is 16.7. The molecule has 4 aromatic heterocycles. The zero-order valence-electron chi connectivity index (χ0n) is 20.3. The molecule has 2 aliphatic rings. The third-order valence-corrected chi connectivity index (χ3v) is 6.82. The van der Waals surface area contributed by atoms with Crippen molar-refractivity contribution in [3.63, 3.8) is 0 Å². The summed E-state index contributed by atoms with van der Waals surface area (Å²) in [4.78, 5) is 23.5. The first-order chi connectivity index (χ1) is 17.2. The van der Waals surface area contributed by atoms with Crippen molar-refractivity contribution in [3.05, 3.63) is 55.0 Å². The Morgan fingerprint density at radius 1 is 0.886 bits per heavy atom. The van der Waals surface area contributed by atoms with Crippen LogP contribution in [0.1, 0.15) is 50.5 Å². The molecule has 35 heavy (non-hydrogen) atoms. The summed E-state index contributed by atoms with van der Waals surface area (Å²) in [5.41, 5.74) is 10.8. The molecule has 0 unspecified atom stereocenters. The Balaban J connectivity index is 0.000000192. The Bertz CT molecular complexity index is 1240. The molecule has 182 valence electrons. The first-order valence-electron chi connectivity index (χ1n) is 12.5. The number of aryl methyl sites for hydroxylation is 1. The first kappa shape index (κ1) is 23.2. The van der Waals surface area contributed by atoms with Crippen molar-refractivity contribution < 1.29 is 0 Å². The van der Waals surface area contributed by atoms with Crippen LogP contribution in [0.25, 0.3) is 17.0 Å². The van der Waals surface area contributed by atoms with E-state index in [1.165, 1.54) is 64.4 Å². The van der Waals surface area contributed by atoms with Crippen molar-refractivity contribution in [1.82, 2.24) is 34.2 Å². The van der Waals surface area contributed by atoms with Crippen LogP contribution in [0.2, 0.25) is 0 Å². The van der Waals surface area contributed by atoms with E-state index >= 15 is 0 Å². The Morgan fingerprint density at radius 3 is 2.43 bits per heavy atom. The van der Waals surface area contributed by atoms with Crippen molar-refractivity contribution in [2.75, 3.05) is 24.1 Å². The van der Waals surface area contributed by atoms with Gasteiger partial charge in [-0.1, -0.05) is 19.3 Å². The standard InChI is InChI=1S/C16H14N8.C10H19N/c1-10-4-21-16(17)23-15(10)13-7-20-14-3-2-11(8-24(13)14)22-12-5-18-9-19-6-12;1-2-6-10(7-3-1)11-8-4-5-9-11/h2-9,22H,1H3,(H2,17,21,23);10H,1-9H2. The van der Waals surface area contributed by atoms with E-state index in [1.54, 1.807) is 24.8 Å². The van der Waals surface area contributed by atoms with Gasteiger partial charge in [-0.3, -0.25) is 4.40 Å². The van der Waals surface area contributed by atoms with E-state index in [-0.39, 0.29) is 5.95 Å². The number of hydrogen-bond donors (Lipinski definition) is 2. The van der Waals surface area contributed by atoms with Crippen LogP contribution in [0.4, 0.5) is 17.3 Å². The zero-order chi connectivity index (χ0) is 24.0. The predicted molar refractivity (Wildman–Crippen MR) is 138 cm³/mol. The number of imidazole rings is 1. The molecule has 1 aliphatic heterocycles. The van der Waals surface area contributed by atoms with Gasteiger partial charge in [-0.25, -0.2) is 24.9 Å². The second-order valence-electron chi connectivity index (χ2n) is 9.34. The average molecular weight is 472 g/mol. The summed E-state index contributed by atoms with van der Waals surface area (Å²) in [7, 11) is 0. The summed E-state index contributed by atoms with van der Waals surface area (Å²) >= 11 is 0. The summed E-state index contributed by atoms with van der Waals surface area (Å²) in [6.07, 6.45) is 20.7. The van der Waals surface area contributed by atoms with Gasteiger partial charge in [0.25, 0.3) is 0 Å². The fourth-order valence-corrected chi connectivity index (χ4v) is 5.03. The molecule has 1 saturated heterocycles. The van der Waals surface area contributed by atoms with Crippen molar-refractivity contribution in [1.29, 1.82) is 0 Å². The van der Waals surface area contributed by atoms with Gasteiger partial charge in [0.05, 0.1) is 41.4 Å². The molecule has 0 atom stereocenters. The van der Waals surface area contributed by atoms with Crippen LogP contribution < -0.4 is 11.1 Å². The van der Waals surface area contributed by atoms with Gasteiger partial charge in [-0.15, -0.1) is 0 Å². The second kappa shape index (κ2) is 10.8. The number of nitrogens with one attached hydrogen (secondary N) is 1. The van der Waals surface area contributed by atoms with Gasteiger partial charge in [0.1, 0.15) is 12.0 Å². The maximum absolute atomic E-state index is 5.73. The van der Waals surface area contributed by atoms with Gasteiger partial charge in [0, 0.05) is 18.4 Å². The lowest BCUT2D eigenvalue weighted by Crippen LogP contribution is -2.34. The summed E-state index contributed by atoms with van der Waals surface area (Å²) in [6.45, 7) is 4.73. The molecule has 0 aromatic carbocycles. The largest absolute Gasteiger partial charge is 0.368 e. The number of likely N-dealkylation sites (tertiary alicyclic amines) is 1. The molecule has 1 saturated carbocycles. The maximum atomic E-state index is 5.73. The molecule has 1 aliphatic carbocycles. The highest BCUT2D eigenvalue weighted by Crippen LogP contribution is 2.26. The van der Waals surface area contributed by atoms with Crippen LogP contribution in [-0.2, 0) is 0 Å². The average Bonchev–Trinajstić information content (AvgIpc) is 3.58. The molecule has 0 amide bonds. The highest BCUT2D eigenvalue weighted by molar-refractivity contribution is 5.67. The molecule has 9 heteroatoms. The molecule has 0 spiro atoms. The monoisotopic (exact) mass is 471 g/mol. The van der Waals surface area contributed by atoms with E-state index in [0.717, 1.165) is 40.0 Å². The SMILES string of the molecule is C1CCC(N2CCCC2)CC1.Cc1cnc(N)nc1-c1cnc2ccc(Nc3cncnc3)cn12. The number of hydrogen-bond acceptors (Lipinski definition) is 8. The fourth-order valence-electron chi connectivity index (χ4n) is 5.03. The maximum Gasteiger partial charge on any atom is 0.220 e. The number of nitrogens with zero attached hydrogens (tertiary/aromatic N) is 7. The van der Waals surface area contributed by atoms with E-state index in [2.05, 4.69) is 35.1 Å². The number of rotatable bonds is 4. The van der Waals surface area contributed by atoms with Crippen LogP contribution in [0.3, 0.4) is 0 Å². The lowest BCUT2D eigenvalue weighted by molar-refractivity contribution is 0.191. The lowest BCUT2D eigenvalue weighted by atomic mass is 9.94. The summed E-state index contributed by atoms with van der Waals surface area (Å²) in [5.74, 6) is 0.237.